The number of carbonyl (C=O) groups excluding carboxylic acids is 2. The normalized spacial score (nSPS) is 13.8. The Bertz CT molecular complexity index is 1130. The zero-order chi connectivity index (χ0) is 44.9. The molecule has 358 valence electrons. The molecule has 4 N–H and O–H groups in total. The van der Waals surface area contributed by atoms with Gasteiger partial charge in [-0.25, -0.2) is 9.36 Å². The Kier molecular flexibility index (Phi) is 43.1. The number of esters is 1. The average Bonchev–Trinajstić information content (AvgIpc) is 3.24. The number of rotatable bonds is 47. The lowest BCUT2D eigenvalue weighted by molar-refractivity contribution is -0.147. The molecule has 0 aromatic rings. The van der Waals surface area contributed by atoms with E-state index in [0.29, 0.717) is 12.8 Å². The third kappa shape index (κ3) is 44.4. The van der Waals surface area contributed by atoms with Crippen molar-refractivity contribution in [2.75, 3.05) is 19.8 Å². The van der Waals surface area contributed by atoms with E-state index in [2.05, 4.69) is 43.5 Å². The molecule has 0 bridgehead atoms. The van der Waals surface area contributed by atoms with Crippen LogP contribution in [-0.2, 0) is 32.7 Å². The number of carboxylic acid groups (broad SMARTS) is 1. The predicted molar refractivity (Wildman–Crippen MR) is 249 cm³/mol. The SMILES string of the molecule is CCCCC/C=C\C/C=C\CCCCCCCC(=O)OCC(O)COP(=O)(O)OCC(NC(=O)CCCCCCCCCCCCCCCCCCCCCCCC)C(=O)O. The zero-order valence-corrected chi connectivity index (χ0v) is 39.9. The van der Waals surface area contributed by atoms with Gasteiger partial charge in [0.05, 0.1) is 13.2 Å². The van der Waals surface area contributed by atoms with Crippen LogP contribution in [0.2, 0.25) is 0 Å². The van der Waals surface area contributed by atoms with Gasteiger partial charge in [0.15, 0.2) is 6.04 Å². The Labute approximate surface area is 372 Å². The summed E-state index contributed by atoms with van der Waals surface area (Å²) in [4.78, 5) is 46.0. The fourth-order valence-corrected chi connectivity index (χ4v) is 7.88. The van der Waals surface area contributed by atoms with Gasteiger partial charge < -0.3 is 25.2 Å². The monoisotopic (exact) mass is 886 g/mol. The Balaban J connectivity index is 3.82. The van der Waals surface area contributed by atoms with Crippen LogP contribution >= 0.6 is 7.82 Å². The van der Waals surface area contributed by atoms with Crippen molar-refractivity contribution in [1.82, 2.24) is 5.32 Å². The fourth-order valence-electron chi connectivity index (χ4n) is 7.11. The number of carboxylic acids is 1. The second kappa shape index (κ2) is 44.6. The van der Waals surface area contributed by atoms with E-state index in [0.717, 1.165) is 64.2 Å². The summed E-state index contributed by atoms with van der Waals surface area (Å²) in [6, 6.07) is -1.55. The average molecular weight is 886 g/mol. The third-order valence-electron chi connectivity index (χ3n) is 11.0. The molecule has 0 aliphatic heterocycles. The number of aliphatic hydroxyl groups is 1. The molecule has 0 aromatic heterocycles. The molecule has 0 radical (unpaired) electrons. The second-order valence-electron chi connectivity index (χ2n) is 17.0. The first-order chi connectivity index (χ1) is 29.6. The topological polar surface area (TPSA) is 169 Å². The number of aliphatic carboxylic acids is 1. The van der Waals surface area contributed by atoms with Crippen LogP contribution in [0, 0.1) is 0 Å². The number of carbonyl (C=O) groups is 3. The number of phosphoric acid groups is 1. The Morgan fingerprint density at radius 2 is 0.902 bits per heavy atom. The van der Waals surface area contributed by atoms with Crippen molar-refractivity contribution in [1.29, 1.82) is 0 Å². The van der Waals surface area contributed by atoms with Crippen molar-refractivity contribution >= 4 is 25.7 Å². The molecular formula is C49H92NO10P. The molecular weight excluding hydrogens is 794 g/mol. The van der Waals surface area contributed by atoms with Crippen LogP contribution in [0.15, 0.2) is 24.3 Å². The van der Waals surface area contributed by atoms with E-state index in [1.807, 2.05) is 0 Å². The zero-order valence-electron chi connectivity index (χ0n) is 39.0. The number of amides is 1. The summed E-state index contributed by atoms with van der Waals surface area (Å²) in [6.45, 7) is 2.59. The highest BCUT2D eigenvalue weighted by Crippen LogP contribution is 2.43. The molecule has 0 rings (SSSR count). The van der Waals surface area contributed by atoms with Crippen LogP contribution < -0.4 is 5.32 Å². The van der Waals surface area contributed by atoms with E-state index in [1.165, 1.54) is 135 Å². The first-order valence-corrected chi connectivity index (χ1v) is 26.4. The summed E-state index contributed by atoms with van der Waals surface area (Å²) < 4.78 is 26.9. The maximum absolute atomic E-state index is 12.4. The molecule has 0 aromatic carbocycles. The Morgan fingerprint density at radius 3 is 1.36 bits per heavy atom. The number of hydrogen-bond acceptors (Lipinski definition) is 8. The van der Waals surface area contributed by atoms with E-state index in [1.54, 1.807) is 0 Å². The van der Waals surface area contributed by atoms with Gasteiger partial charge >= 0.3 is 19.8 Å². The quantitative estimate of drug-likeness (QED) is 0.0200. The van der Waals surface area contributed by atoms with Crippen molar-refractivity contribution in [3.63, 3.8) is 0 Å². The van der Waals surface area contributed by atoms with Gasteiger partial charge in [-0.05, 0) is 44.9 Å². The van der Waals surface area contributed by atoms with E-state index in [4.69, 9.17) is 13.8 Å². The van der Waals surface area contributed by atoms with Gasteiger partial charge in [-0.1, -0.05) is 205 Å². The van der Waals surface area contributed by atoms with E-state index < -0.39 is 57.6 Å². The van der Waals surface area contributed by atoms with Gasteiger partial charge in [-0.15, -0.1) is 0 Å². The highest BCUT2D eigenvalue weighted by Gasteiger charge is 2.28. The van der Waals surface area contributed by atoms with Crippen molar-refractivity contribution in [3.05, 3.63) is 24.3 Å². The van der Waals surface area contributed by atoms with Crippen molar-refractivity contribution < 1.29 is 47.8 Å². The Morgan fingerprint density at radius 1 is 0.525 bits per heavy atom. The largest absolute Gasteiger partial charge is 0.480 e. The first kappa shape index (κ1) is 59.0. The van der Waals surface area contributed by atoms with Gasteiger partial charge in [0, 0.05) is 12.8 Å². The number of allylic oxidation sites excluding steroid dienone is 4. The molecule has 0 saturated carbocycles. The molecule has 0 spiro atoms. The molecule has 1 amide bonds. The number of ether oxygens (including phenoxy) is 1. The molecule has 0 saturated heterocycles. The van der Waals surface area contributed by atoms with Gasteiger partial charge in [0.2, 0.25) is 5.91 Å². The number of unbranched alkanes of at least 4 members (excludes halogenated alkanes) is 29. The van der Waals surface area contributed by atoms with Crippen LogP contribution in [0.5, 0.6) is 0 Å². The van der Waals surface area contributed by atoms with Crippen LogP contribution in [0.25, 0.3) is 0 Å². The van der Waals surface area contributed by atoms with Gasteiger partial charge in [0.1, 0.15) is 12.7 Å². The number of phosphoric ester groups is 1. The third-order valence-corrected chi connectivity index (χ3v) is 11.9. The summed E-state index contributed by atoms with van der Waals surface area (Å²) in [6.07, 6.45) is 47.7. The summed E-state index contributed by atoms with van der Waals surface area (Å²) in [5.74, 6) is -2.37. The van der Waals surface area contributed by atoms with Crippen LogP contribution in [-0.4, -0.2) is 64.9 Å². The molecule has 0 aliphatic carbocycles. The van der Waals surface area contributed by atoms with E-state index in [9.17, 15) is 34.1 Å². The Hall–Kier alpha value is -2.04. The molecule has 0 aliphatic rings. The molecule has 0 fully saturated rings. The fraction of sp³-hybridized carbons (Fsp3) is 0.857. The lowest BCUT2D eigenvalue weighted by Crippen LogP contribution is -2.43. The maximum Gasteiger partial charge on any atom is 0.472 e. The minimum Gasteiger partial charge on any atom is -0.480 e. The lowest BCUT2D eigenvalue weighted by Gasteiger charge is -2.18. The number of nitrogens with one attached hydrogen (secondary N) is 1. The first-order valence-electron chi connectivity index (χ1n) is 24.9. The molecule has 0 heterocycles. The van der Waals surface area contributed by atoms with Crippen molar-refractivity contribution in [2.24, 2.45) is 0 Å². The van der Waals surface area contributed by atoms with Crippen molar-refractivity contribution in [2.45, 2.75) is 251 Å². The lowest BCUT2D eigenvalue weighted by atomic mass is 10.0. The standard InChI is InChI=1S/C49H92NO10P/c1-3-5-7-9-11-13-15-17-19-20-21-22-23-24-25-27-28-30-32-34-36-38-40-47(52)50-46(49(54)55)44-60-61(56,57)59-43-45(51)42-58-48(53)41-39-37-35-33-31-29-26-18-16-14-12-10-8-6-4-2/h12,14,18,26,45-46,51H,3-11,13,15-17,19-25,27-44H2,1-2H3,(H,50,52)(H,54,55)(H,56,57)/b14-12-,26-18-. The van der Waals surface area contributed by atoms with Gasteiger partial charge in [-0.2, -0.15) is 0 Å². The van der Waals surface area contributed by atoms with Crippen molar-refractivity contribution in [3.8, 4) is 0 Å². The van der Waals surface area contributed by atoms with Crippen LogP contribution in [0.4, 0.5) is 0 Å². The second-order valence-corrected chi connectivity index (χ2v) is 18.5. The van der Waals surface area contributed by atoms with Crippen LogP contribution in [0.3, 0.4) is 0 Å². The molecule has 12 heteroatoms. The highest BCUT2D eigenvalue weighted by atomic mass is 31.2. The van der Waals surface area contributed by atoms with Crippen LogP contribution in [0.1, 0.15) is 239 Å². The summed E-state index contributed by atoms with van der Waals surface area (Å²) in [7, 11) is -4.76. The van der Waals surface area contributed by atoms with E-state index in [-0.39, 0.29) is 12.8 Å². The number of hydrogen-bond donors (Lipinski definition) is 4. The smallest absolute Gasteiger partial charge is 0.472 e. The number of aliphatic hydroxyl groups excluding tert-OH is 1. The summed E-state index contributed by atoms with van der Waals surface area (Å²) in [5.41, 5.74) is 0. The highest BCUT2D eigenvalue weighted by molar-refractivity contribution is 7.47. The molecule has 11 nitrogen and oxygen atoms in total. The molecule has 3 atom stereocenters. The summed E-state index contributed by atoms with van der Waals surface area (Å²) >= 11 is 0. The van der Waals surface area contributed by atoms with Gasteiger partial charge in [0.25, 0.3) is 0 Å². The van der Waals surface area contributed by atoms with E-state index >= 15 is 0 Å². The summed E-state index contributed by atoms with van der Waals surface area (Å²) in [5, 5.41) is 21.9. The molecule has 3 unspecified atom stereocenters. The maximum atomic E-state index is 12.4. The predicted octanol–water partition coefficient (Wildman–Crippen LogP) is 13.4. The minimum absolute atomic E-state index is 0.149. The minimum atomic E-state index is -4.76. The van der Waals surface area contributed by atoms with Gasteiger partial charge in [-0.3, -0.25) is 18.6 Å². The molecule has 61 heavy (non-hydrogen) atoms.